The molecule has 3 aliphatic heterocycles. The van der Waals surface area contributed by atoms with Crippen molar-refractivity contribution < 1.29 is 5.11 Å². The van der Waals surface area contributed by atoms with Crippen LogP contribution in [-0.4, -0.2) is 89.6 Å². The third-order valence-electron chi connectivity index (χ3n) is 5.64. The van der Waals surface area contributed by atoms with Gasteiger partial charge >= 0.3 is 0 Å². The second-order valence-corrected chi connectivity index (χ2v) is 8.45. The third kappa shape index (κ3) is 4.28. The highest BCUT2D eigenvalue weighted by Gasteiger charge is 2.30. The van der Waals surface area contributed by atoms with Crippen molar-refractivity contribution in [1.29, 1.82) is 0 Å². The maximum atomic E-state index is 9.94. The molecule has 3 fully saturated rings. The molecule has 28 heavy (non-hydrogen) atoms. The van der Waals surface area contributed by atoms with Gasteiger partial charge in [-0.05, 0) is 19.3 Å². The number of aliphatic hydroxyl groups is 1. The van der Waals surface area contributed by atoms with Gasteiger partial charge in [0.1, 0.15) is 0 Å². The summed E-state index contributed by atoms with van der Waals surface area (Å²) in [5.41, 5.74) is 24.7. The number of aromatic nitrogens is 3. The van der Waals surface area contributed by atoms with Crippen LogP contribution in [0.15, 0.2) is 0 Å². The molecule has 1 unspecified atom stereocenters. The first kappa shape index (κ1) is 19.5. The summed E-state index contributed by atoms with van der Waals surface area (Å²) in [4.78, 5) is 20.2. The van der Waals surface area contributed by atoms with E-state index in [0.717, 1.165) is 12.8 Å². The van der Waals surface area contributed by atoms with Gasteiger partial charge in [-0.25, -0.2) is 0 Å². The lowest BCUT2D eigenvalue weighted by Crippen LogP contribution is -2.54. The summed E-state index contributed by atoms with van der Waals surface area (Å²) >= 11 is 0. The molecule has 1 aromatic heterocycles. The van der Waals surface area contributed by atoms with Crippen LogP contribution in [-0.2, 0) is 0 Å². The summed E-state index contributed by atoms with van der Waals surface area (Å²) in [6.45, 7) is 3.83. The highest BCUT2D eigenvalue weighted by atomic mass is 16.3. The van der Waals surface area contributed by atoms with Gasteiger partial charge in [0.2, 0.25) is 17.8 Å². The minimum atomic E-state index is -0.364. The molecule has 156 valence electrons. The zero-order valence-electron chi connectivity index (χ0n) is 16.2. The topological polar surface area (TPSA) is 173 Å². The molecular weight excluding hydrogens is 360 g/mol. The van der Waals surface area contributed by atoms with Gasteiger partial charge < -0.3 is 42.7 Å². The lowest BCUT2D eigenvalue weighted by atomic mass is 10.0. The van der Waals surface area contributed by atoms with E-state index in [1.54, 1.807) is 0 Å². The van der Waals surface area contributed by atoms with Gasteiger partial charge in [0, 0.05) is 63.4 Å². The lowest BCUT2D eigenvalue weighted by Gasteiger charge is -2.37. The Morgan fingerprint density at radius 1 is 0.643 bits per heavy atom. The molecule has 11 nitrogen and oxygen atoms in total. The SMILES string of the molecule is N[C@@H]1C[C@H](N)CN(c2nc(N3CCC(O)C3)nc(N3C[C@H](N)C[C@H](N)C3)n2)C1. The summed E-state index contributed by atoms with van der Waals surface area (Å²) < 4.78 is 0. The van der Waals surface area contributed by atoms with Crippen LogP contribution in [0.3, 0.4) is 0 Å². The Labute approximate surface area is 165 Å². The molecule has 0 bridgehead atoms. The van der Waals surface area contributed by atoms with Gasteiger partial charge in [0.25, 0.3) is 0 Å². The molecule has 9 N–H and O–H groups in total. The molecule has 4 rings (SSSR count). The Bertz CT molecular complexity index is 626. The van der Waals surface area contributed by atoms with Crippen molar-refractivity contribution in [3.63, 3.8) is 0 Å². The highest BCUT2D eigenvalue weighted by Crippen LogP contribution is 2.25. The highest BCUT2D eigenvalue weighted by molar-refractivity contribution is 5.48. The Morgan fingerprint density at radius 2 is 1.04 bits per heavy atom. The Hall–Kier alpha value is -1.79. The fraction of sp³-hybridized carbons (Fsp3) is 0.824. The largest absolute Gasteiger partial charge is 0.391 e. The van der Waals surface area contributed by atoms with E-state index in [-0.39, 0.29) is 30.3 Å². The van der Waals surface area contributed by atoms with Crippen molar-refractivity contribution in [3.05, 3.63) is 0 Å². The van der Waals surface area contributed by atoms with Gasteiger partial charge in [-0.2, -0.15) is 15.0 Å². The van der Waals surface area contributed by atoms with Crippen LogP contribution in [0.4, 0.5) is 17.8 Å². The Kier molecular flexibility index (Phi) is 5.52. The smallest absolute Gasteiger partial charge is 0.232 e. The van der Waals surface area contributed by atoms with Crippen LogP contribution >= 0.6 is 0 Å². The van der Waals surface area contributed by atoms with Crippen molar-refractivity contribution in [2.75, 3.05) is 54.0 Å². The van der Waals surface area contributed by atoms with Crippen LogP contribution < -0.4 is 37.6 Å². The van der Waals surface area contributed by atoms with Crippen molar-refractivity contribution in [1.82, 2.24) is 15.0 Å². The number of β-amino-alcohol motifs (C(OH)–C–C–N with tert-alkyl or cyclic N) is 1. The van der Waals surface area contributed by atoms with E-state index >= 15 is 0 Å². The molecule has 3 saturated heterocycles. The Balaban J connectivity index is 1.66. The maximum Gasteiger partial charge on any atom is 0.232 e. The zero-order valence-corrected chi connectivity index (χ0v) is 16.2. The summed E-state index contributed by atoms with van der Waals surface area (Å²) in [6.07, 6.45) is 1.91. The first-order valence-corrected chi connectivity index (χ1v) is 10.1. The van der Waals surface area contributed by atoms with Crippen molar-refractivity contribution in [2.45, 2.75) is 49.5 Å². The van der Waals surface area contributed by atoms with Gasteiger partial charge in [-0.1, -0.05) is 0 Å². The molecule has 0 saturated carbocycles. The quantitative estimate of drug-likeness (QED) is 0.359. The van der Waals surface area contributed by atoms with E-state index in [1.165, 1.54) is 0 Å². The second-order valence-electron chi connectivity index (χ2n) is 8.45. The zero-order chi connectivity index (χ0) is 19.8. The number of hydrogen-bond acceptors (Lipinski definition) is 11. The summed E-state index contributed by atoms with van der Waals surface area (Å²) in [5, 5.41) is 9.94. The van der Waals surface area contributed by atoms with Gasteiger partial charge in [0.05, 0.1) is 6.10 Å². The molecule has 5 atom stereocenters. The molecule has 0 radical (unpaired) electrons. The summed E-state index contributed by atoms with van der Waals surface area (Å²) in [6, 6.07) is -0.0635. The van der Waals surface area contributed by atoms with E-state index < -0.39 is 0 Å². The number of anilines is 3. The maximum absolute atomic E-state index is 9.94. The number of aliphatic hydroxyl groups excluding tert-OH is 1. The third-order valence-corrected chi connectivity index (χ3v) is 5.64. The fourth-order valence-electron chi connectivity index (χ4n) is 4.37. The van der Waals surface area contributed by atoms with Gasteiger partial charge in [-0.15, -0.1) is 0 Å². The van der Waals surface area contributed by atoms with Gasteiger partial charge in [-0.3, -0.25) is 0 Å². The summed E-state index contributed by atoms with van der Waals surface area (Å²) in [5.74, 6) is 1.70. The number of piperidine rings is 2. The number of nitrogens with zero attached hydrogens (tertiary/aromatic N) is 6. The van der Waals surface area contributed by atoms with Crippen LogP contribution in [0.1, 0.15) is 19.3 Å². The van der Waals surface area contributed by atoms with Gasteiger partial charge in [0.15, 0.2) is 0 Å². The average Bonchev–Trinajstić information content (AvgIpc) is 3.06. The van der Waals surface area contributed by atoms with Crippen molar-refractivity contribution in [3.8, 4) is 0 Å². The normalized spacial score (nSPS) is 34.2. The first-order valence-electron chi connectivity index (χ1n) is 10.1. The van der Waals surface area contributed by atoms with Crippen LogP contribution in [0, 0.1) is 0 Å². The number of rotatable bonds is 3. The average molecular weight is 393 g/mol. The molecule has 0 aliphatic carbocycles. The Morgan fingerprint density at radius 3 is 1.39 bits per heavy atom. The second kappa shape index (κ2) is 7.91. The van der Waals surface area contributed by atoms with Crippen LogP contribution in [0.2, 0.25) is 0 Å². The van der Waals surface area contributed by atoms with E-state index in [1.807, 2.05) is 14.7 Å². The van der Waals surface area contributed by atoms with E-state index in [0.29, 0.717) is 63.5 Å². The van der Waals surface area contributed by atoms with E-state index in [4.69, 9.17) is 37.9 Å². The van der Waals surface area contributed by atoms with Crippen molar-refractivity contribution in [2.24, 2.45) is 22.9 Å². The molecule has 0 spiro atoms. The minimum absolute atomic E-state index is 0.0159. The monoisotopic (exact) mass is 392 g/mol. The van der Waals surface area contributed by atoms with E-state index in [2.05, 4.69) is 0 Å². The molecule has 0 amide bonds. The fourth-order valence-corrected chi connectivity index (χ4v) is 4.37. The molecule has 1 aromatic rings. The molecule has 11 heteroatoms. The standard InChI is InChI=1S/C17H32N10O/c18-10-3-11(19)6-26(5-10)16-22-15(25-2-1-14(28)9-25)23-17(24-16)27-7-12(20)4-13(21)8-27/h10-14,28H,1-9,18-21H2/t10-,11+,12-,13+,14?. The predicted octanol–water partition coefficient (Wildman–Crippen LogP) is -2.83. The molecule has 3 aliphatic rings. The molecule has 4 heterocycles. The first-order chi connectivity index (χ1) is 13.4. The molecular formula is C17H32N10O. The number of hydrogen-bond donors (Lipinski definition) is 5. The number of nitrogens with two attached hydrogens (primary N) is 4. The lowest BCUT2D eigenvalue weighted by molar-refractivity contribution is 0.198. The summed E-state index contributed by atoms with van der Waals surface area (Å²) in [7, 11) is 0. The van der Waals surface area contributed by atoms with E-state index in [9.17, 15) is 5.11 Å². The van der Waals surface area contributed by atoms with Crippen molar-refractivity contribution >= 4 is 17.8 Å². The van der Waals surface area contributed by atoms with Crippen LogP contribution in [0.5, 0.6) is 0 Å². The predicted molar refractivity (Wildman–Crippen MR) is 108 cm³/mol. The molecule has 0 aromatic carbocycles. The minimum Gasteiger partial charge on any atom is -0.391 e. The van der Waals surface area contributed by atoms with Crippen LogP contribution in [0.25, 0.3) is 0 Å².